The van der Waals surface area contributed by atoms with E-state index in [-0.39, 0.29) is 6.10 Å². The van der Waals surface area contributed by atoms with E-state index < -0.39 is 11.2 Å². The molecular formula is C13H20N4O3. The Morgan fingerprint density at radius 3 is 2.60 bits per heavy atom. The van der Waals surface area contributed by atoms with Gasteiger partial charge in [-0.2, -0.15) is 0 Å². The van der Waals surface area contributed by atoms with Crippen LogP contribution in [0.3, 0.4) is 0 Å². The van der Waals surface area contributed by atoms with E-state index in [9.17, 15) is 14.7 Å². The topological polar surface area (TPSA) is 92.9 Å². The molecule has 2 aromatic heterocycles. The number of nitrogens with one attached hydrogen (secondary N) is 1. The summed E-state index contributed by atoms with van der Waals surface area (Å²) in [5.41, 5.74) is -0.0426. The number of rotatable bonds is 5. The van der Waals surface area contributed by atoms with Gasteiger partial charge in [-0.1, -0.05) is 6.42 Å². The number of aromatic amines is 1. The third-order valence-corrected chi connectivity index (χ3v) is 3.50. The Bertz CT molecular complexity index is 724. The first kappa shape index (κ1) is 14.5. The molecule has 20 heavy (non-hydrogen) atoms. The predicted octanol–water partition coefficient (Wildman–Crippen LogP) is 0.0539. The summed E-state index contributed by atoms with van der Waals surface area (Å²) >= 11 is 0. The number of nitrogens with zero attached hydrogens (tertiary/aromatic N) is 3. The minimum absolute atomic E-state index is 0.292. The highest BCUT2D eigenvalue weighted by atomic mass is 16.3. The molecule has 0 radical (unpaired) electrons. The molecule has 0 aromatic carbocycles. The van der Waals surface area contributed by atoms with Crippen molar-refractivity contribution in [3.05, 3.63) is 26.7 Å². The first-order valence-corrected chi connectivity index (χ1v) is 6.74. The molecule has 2 heterocycles. The number of aliphatic hydroxyl groups is 1. The predicted molar refractivity (Wildman–Crippen MR) is 75.8 cm³/mol. The molecule has 7 nitrogen and oxygen atoms in total. The molecule has 0 amide bonds. The summed E-state index contributed by atoms with van der Waals surface area (Å²) in [6.07, 6.45) is 2.96. The molecule has 0 unspecified atom stereocenters. The number of hydrogen-bond acceptors (Lipinski definition) is 4. The lowest BCUT2D eigenvalue weighted by Gasteiger charge is -2.04. The summed E-state index contributed by atoms with van der Waals surface area (Å²) in [4.78, 5) is 30.1. The van der Waals surface area contributed by atoms with Crippen LogP contribution in [0.4, 0.5) is 0 Å². The zero-order valence-corrected chi connectivity index (χ0v) is 12.0. The summed E-state index contributed by atoms with van der Waals surface area (Å²) in [6, 6.07) is 0. The Labute approximate surface area is 115 Å². The molecule has 2 N–H and O–H groups in total. The molecule has 0 fully saturated rings. The molecule has 0 aliphatic carbocycles. The van der Waals surface area contributed by atoms with Gasteiger partial charge in [0.05, 0.1) is 6.10 Å². The molecule has 2 aromatic rings. The number of aliphatic hydroxyl groups excluding tert-OH is 1. The number of hydrogen-bond donors (Lipinski definition) is 2. The van der Waals surface area contributed by atoms with Crippen LogP contribution in [0, 0.1) is 0 Å². The van der Waals surface area contributed by atoms with Gasteiger partial charge < -0.3 is 9.67 Å². The highest BCUT2D eigenvalue weighted by Crippen LogP contribution is 2.12. The van der Waals surface area contributed by atoms with Gasteiger partial charge in [-0.3, -0.25) is 14.3 Å². The number of aryl methyl sites for hydroxylation is 3. The van der Waals surface area contributed by atoms with Crippen molar-refractivity contribution in [2.45, 2.75) is 38.7 Å². The van der Waals surface area contributed by atoms with Crippen LogP contribution < -0.4 is 11.2 Å². The Kier molecular flexibility index (Phi) is 4.08. The fraction of sp³-hybridized carbons (Fsp3) is 0.615. The van der Waals surface area contributed by atoms with E-state index in [4.69, 9.17) is 0 Å². The highest BCUT2D eigenvalue weighted by Gasteiger charge is 2.14. The average molecular weight is 280 g/mol. The quantitative estimate of drug-likeness (QED) is 0.757. The number of aromatic nitrogens is 4. The van der Waals surface area contributed by atoms with Crippen molar-refractivity contribution in [3.8, 4) is 0 Å². The van der Waals surface area contributed by atoms with Crippen LogP contribution in [0.15, 0.2) is 9.59 Å². The largest absolute Gasteiger partial charge is 0.393 e. The third-order valence-electron chi connectivity index (χ3n) is 3.50. The second-order valence-corrected chi connectivity index (χ2v) is 5.17. The lowest BCUT2D eigenvalue weighted by molar-refractivity contribution is 0.180. The fourth-order valence-electron chi connectivity index (χ4n) is 2.30. The van der Waals surface area contributed by atoms with Crippen molar-refractivity contribution < 1.29 is 5.11 Å². The summed E-state index contributed by atoms with van der Waals surface area (Å²) in [7, 11) is 3.36. The maximum absolute atomic E-state index is 11.8. The Morgan fingerprint density at radius 1 is 1.25 bits per heavy atom. The van der Waals surface area contributed by atoms with Crippen LogP contribution in [-0.4, -0.2) is 30.3 Å². The van der Waals surface area contributed by atoms with Gasteiger partial charge in [0.2, 0.25) is 0 Å². The standard InChI is InChI=1S/C13H20N4O3/c1-8(18)6-4-5-7-9-14-11-10(16(9)2)12(19)15-13(20)17(11)3/h8,18H,4-7H2,1-3H3,(H,15,19,20)/t8-/m0/s1. The van der Waals surface area contributed by atoms with Gasteiger partial charge in [-0.05, 0) is 19.8 Å². The zero-order chi connectivity index (χ0) is 14.9. The second kappa shape index (κ2) is 5.62. The molecule has 0 saturated heterocycles. The van der Waals surface area contributed by atoms with Crippen LogP contribution in [0.5, 0.6) is 0 Å². The first-order valence-electron chi connectivity index (χ1n) is 6.74. The van der Waals surface area contributed by atoms with E-state index in [1.807, 2.05) is 0 Å². The minimum atomic E-state index is -0.457. The van der Waals surface area contributed by atoms with Crippen LogP contribution >= 0.6 is 0 Å². The molecule has 0 aliphatic heterocycles. The van der Waals surface area contributed by atoms with E-state index in [1.165, 1.54) is 4.57 Å². The van der Waals surface area contributed by atoms with Crippen molar-refractivity contribution in [3.63, 3.8) is 0 Å². The highest BCUT2D eigenvalue weighted by molar-refractivity contribution is 5.70. The number of unbranched alkanes of at least 4 members (excludes halogenated alkanes) is 1. The Balaban J connectivity index is 2.30. The first-order chi connectivity index (χ1) is 9.41. The van der Waals surface area contributed by atoms with Gasteiger partial charge in [-0.15, -0.1) is 0 Å². The van der Waals surface area contributed by atoms with Crippen molar-refractivity contribution in [1.82, 2.24) is 19.1 Å². The molecular weight excluding hydrogens is 260 g/mol. The summed E-state index contributed by atoms with van der Waals surface area (Å²) in [5.74, 6) is 0.775. The summed E-state index contributed by atoms with van der Waals surface area (Å²) in [5, 5.41) is 9.22. The molecule has 0 aliphatic rings. The van der Waals surface area contributed by atoms with Crippen LogP contribution in [0.2, 0.25) is 0 Å². The lowest BCUT2D eigenvalue weighted by Crippen LogP contribution is -2.29. The number of H-pyrrole nitrogens is 1. The monoisotopic (exact) mass is 280 g/mol. The molecule has 0 bridgehead atoms. The van der Waals surface area contributed by atoms with Gasteiger partial charge in [-0.25, -0.2) is 9.78 Å². The molecule has 0 spiro atoms. The molecule has 110 valence electrons. The fourth-order valence-corrected chi connectivity index (χ4v) is 2.30. The normalized spacial score (nSPS) is 13.0. The van der Waals surface area contributed by atoms with Gasteiger partial charge in [0.15, 0.2) is 11.2 Å². The molecule has 7 heteroatoms. The minimum Gasteiger partial charge on any atom is -0.393 e. The number of fused-ring (bicyclic) bond motifs is 1. The van der Waals surface area contributed by atoms with E-state index >= 15 is 0 Å². The third kappa shape index (κ3) is 2.67. The number of imidazole rings is 1. The van der Waals surface area contributed by atoms with Crippen molar-refractivity contribution >= 4 is 11.2 Å². The van der Waals surface area contributed by atoms with E-state index in [2.05, 4.69) is 9.97 Å². The van der Waals surface area contributed by atoms with Crippen molar-refractivity contribution in [2.75, 3.05) is 0 Å². The van der Waals surface area contributed by atoms with Crippen LogP contribution in [0.1, 0.15) is 32.0 Å². The van der Waals surface area contributed by atoms with E-state index in [0.29, 0.717) is 17.6 Å². The maximum atomic E-state index is 11.8. The molecule has 0 saturated carbocycles. The SMILES string of the molecule is C[C@H](O)CCCCc1nc2c(c(=O)[nH]c(=O)n2C)n1C. The smallest absolute Gasteiger partial charge is 0.329 e. The van der Waals surface area contributed by atoms with Gasteiger partial charge in [0.25, 0.3) is 5.56 Å². The molecule has 2 rings (SSSR count). The van der Waals surface area contributed by atoms with E-state index in [1.54, 1.807) is 25.6 Å². The van der Waals surface area contributed by atoms with Crippen LogP contribution in [-0.2, 0) is 20.5 Å². The lowest BCUT2D eigenvalue weighted by atomic mass is 10.1. The van der Waals surface area contributed by atoms with Crippen molar-refractivity contribution in [2.24, 2.45) is 14.1 Å². The second-order valence-electron chi connectivity index (χ2n) is 5.17. The van der Waals surface area contributed by atoms with Gasteiger partial charge in [0.1, 0.15) is 5.82 Å². The zero-order valence-electron chi connectivity index (χ0n) is 12.0. The summed E-state index contributed by atoms with van der Waals surface area (Å²) < 4.78 is 3.08. The maximum Gasteiger partial charge on any atom is 0.329 e. The Morgan fingerprint density at radius 2 is 1.95 bits per heavy atom. The molecule has 1 atom stereocenters. The van der Waals surface area contributed by atoms with Crippen LogP contribution in [0.25, 0.3) is 11.2 Å². The summed E-state index contributed by atoms with van der Waals surface area (Å²) in [6.45, 7) is 1.77. The van der Waals surface area contributed by atoms with Crippen molar-refractivity contribution in [1.29, 1.82) is 0 Å². The van der Waals surface area contributed by atoms with Gasteiger partial charge >= 0.3 is 5.69 Å². The Hall–Kier alpha value is -1.89. The van der Waals surface area contributed by atoms with E-state index in [0.717, 1.165) is 25.1 Å². The average Bonchev–Trinajstić information content (AvgIpc) is 2.70. The van der Waals surface area contributed by atoms with Gasteiger partial charge in [0, 0.05) is 20.5 Å².